The molecule has 1 unspecified atom stereocenters. The molecule has 0 bridgehead atoms. The molecule has 50 heavy (non-hydrogen) atoms. The Morgan fingerprint density at radius 3 is 2.34 bits per heavy atom. The number of nitrogens with zero attached hydrogens (tertiary/aromatic N) is 2. The predicted molar refractivity (Wildman–Crippen MR) is 184 cm³/mol. The summed E-state index contributed by atoms with van der Waals surface area (Å²) in [6.07, 6.45) is 4.17. The van der Waals surface area contributed by atoms with Crippen LogP contribution in [0.3, 0.4) is 0 Å². The molecule has 2 saturated heterocycles. The van der Waals surface area contributed by atoms with E-state index in [9.17, 15) is 14.4 Å². The third kappa shape index (κ3) is 7.33. The maximum Gasteiger partial charge on any atom is 0.308 e. The van der Waals surface area contributed by atoms with Crippen LogP contribution in [0.25, 0.3) is 11.0 Å². The van der Waals surface area contributed by atoms with Crippen molar-refractivity contribution in [1.82, 2.24) is 9.80 Å². The van der Waals surface area contributed by atoms with E-state index >= 15 is 4.39 Å². The van der Waals surface area contributed by atoms with Gasteiger partial charge in [-0.05, 0) is 69.2 Å². The van der Waals surface area contributed by atoms with Crippen molar-refractivity contribution in [3.63, 3.8) is 0 Å². The number of methoxy groups -OCH3 is 2. The molecule has 1 amide bonds. The maximum absolute atomic E-state index is 15.9. The summed E-state index contributed by atoms with van der Waals surface area (Å²) >= 11 is 6.63. The van der Waals surface area contributed by atoms with Gasteiger partial charge in [-0.2, -0.15) is 0 Å². The van der Waals surface area contributed by atoms with Gasteiger partial charge in [0.15, 0.2) is 5.78 Å². The van der Waals surface area contributed by atoms with Crippen molar-refractivity contribution < 1.29 is 42.1 Å². The van der Waals surface area contributed by atoms with Gasteiger partial charge in [-0.15, -0.1) is 0 Å². The zero-order valence-corrected chi connectivity index (χ0v) is 29.5. The second kappa shape index (κ2) is 15.9. The molecule has 1 aliphatic carbocycles. The Labute approximate surface area is 296 Å². The minimum absolute atomic E-state index is 0.0708. The van der Waals surface area contributed by atoms with E-state index in [1.54, 1.807) is 45.4 Å². The van der Waals surface area contributed by atoms with Gasteiger partial charge in [0.1, 0.15) is 17.7 Å². The Bertz CT molecular complexity index is 1680. The molecule has 2 aliphatic heterocycles. The topological polar surface area (TPSA) is 120 Å². The predicted octanol–water partition coefficient (Wildman–Crippen LogP) is 5.82. The fourth-order valence-corrected chi connectivity index (χ4v) is 7.83. The van der Waals surface area contributed by atoms with Gasteiger partial charge in [0.2, 0.25) is 5.85 Å². The number of ketones is 1. The zero-order valence-electron chi connectivity index (χ0n) is 28.8. The van der Waals surface area contributed by atoms with Gasteiger partial charge in [0.25, 0.3) is 5.91 Å². The lowest BCUT2D eigenvalue weighted by Gasteiger charge is -2.48. The number of fused-ring (bicyclic) bond motifs is 1. The summed E-state index contributed by atoms with van der Waals surface area (Å²) in [4.78, 5) is 44.5. The molecule has 1 N–H and O–H groups in total. The van der Waals surface area contributed by atoms with Crippen LogP contribution in [0.4, 0.5) is 10.1 Å². The standard InChI is InChI=1S/C37H45ClFN3O8/c1-4-48-36(45)23-11-13-25(14-12-23)50-37(41-15-7-8-16-41,42-20-32(46-2)33(21-42)47-3)34(43)18-24-17-28(38)30(19-29(24)39)40-35(44)27-22-49-31-10-6-5-9-26(27)31/h5-6,9-10,17,19,22-23,25,32-33H,4,7-8,11-16,18,20-21H2,1-3H3,(H,40,44)/t23-,25-,32-,33+,37?. The third-order valence-electron chi connectivity index (χ3n) is 10.2. The third-order valence-corrected chi connectivity index (χ3v) is 10.5. The molecular formula is C37H45ClFN3O8. The molecule has 13 heteroatoms. The van der Waals surface area contributed by atoms with Crippen molar-refractivity contribution >= 4 is 45.9 Å². The van der Waals surface area contributed by atoms with Crippen molar-refractivity contribution in [2.24, 2.45) is 5.92 Å². The van der Waals surface area contributed by atoms with Crippen molar-refractivity contribution in [2.45, 2.75) is 76.0 Å². The molecule has 11 nitrogen and oxygen atoms in total. The first-order chi connectivity index (χ1) is 24.2. The number of carbonyl (C=O) groups excluding carboxylic acids is 3. The highest BCUT2D eigenvalue weighted by molar-refractivity contribution is 6.34. The van der Waals surface area contributed by atoms with E-state index in [0.29, 0.717) is 69.4 Å². The number of para-hydroxylation sites is 1. The molecule has 3 aliphatic rings. The molecule has 2 aromatic carbocycles. The number of carbonyl (C=O) groups is 3. The van der Waals surface area contributed by atoms with Crippen LogP contribution in [-0.2, 0) is 35.0 Å². The van der Waals surface area contributed by atoms with E-state index in [2.05, 4.69) is 10.2 Å². The molecule has 0 radical (unpaired) electrons. The Balaban J connectivity index is 1.28. The van der Waals surface area contributed by atoms with Crippen LogP contribution in [0.1, 0.15) is 61.4 Å². The van der Waals surface area contributed by atoms with Crippen molar-refractivity contribution in [3.05, 3.63) is 64.6 Å². The summed E-state index contributed by atoms with van der Waals surface area (Å²) in [6, 6.07) is 9.62. The van der Waals surface area contributed by atoms with Gasteiger partial charge in [0.05, 0.1) is 47.1 Å². The largest absolute Gasteiger partial charge is 0.466 e. The average Bonchev–Trinajstić information content (AvgIpc) is 3.90. The monoisotopic (exact) mass is 713 g/mol. The van der Waals surface area contributed by atoms with Crippen LogP contribution in [0.15, 0.2) is 47.1 Å². The second-order valence-electron chi connectivity index (χ2n) is 13.2. The zero-order chi connectivity index (χ0) is 35.4. The molecule has 270 valence electrons. The number of benzene rings is 2. The molecule has 3 aromatic rings. The molecule has 1 saturated carbocycles. The van der Waals surface area contributed by atoms with Crippen LogP contribution >= 0.6 is 11.6 Å². The van der Waals surface area contributed by atoms with Gasteiger partial charge in [-0.25, -0.2) is 4.39 Å². The molecule has 0 spiro atoms. The molecule has 1 aromatic heterocycles. The highest BCUT2D eigenvalue weighted by Gasteiger charge is 2.56. The minimum Gasteiger partial charge on any atom is -0.466 e. The number of nitrogens with one attached hydrogen (secondary N) is 1. The van der Waals surface area contributed by atoms with Crippen LogP contribution in [0, 0.1) is 11.7 Å². The number of likely N-dealkylation sites (tertiary alicyclic amines) is 2. The number of anilines is 1. The summed E-state index contributed by atoms with van der Waals surface area (Å²) < 4.78 is 45.2. The number of furan rings is 1. The molecular weight excluding hydrogens is 669 g/mol. The van der Waals surface area contributed by atoms with Crippen molar-refractivity contribution in [1.29, 1.82) is 0 Å². The fourth-order valence-electron chi connectivity index (χ4n) is 7.59. The van der Waals surface area contributed by atoms with Crippen molar-refractivity contribution in [3.8, 4) is 0 Å². The number of rotatable bonds is 13. The van der Waals surface area contributed by atoms with E-state index in [0.717, 1.165) is 18.9 Å². The molecule has 3 atom stereocenters. The van der Waals surface area contributed by atoms with Gasteiger partial charge < -0.3 is 28.7 Å². The summed E-state index contributed by atoms with van der Waals surface area (Å²) in [5.41, 5.74) is 0.984. The van der Waals surface area contributed by atoms with Gasteiger partial charge in [0, 0.05) is 52.2 Å². The van der Waals surface area contributed by atoms with Crippen LogP contribution in [0.5, 0.6) is 0 Å². The summed E-state index contributed by atoms with van der Waals surface area (Å²) in [7, 11) is 3.23. The number of ether oxygens (including phenoxy) is 4. The van der Waals surface area contributed by atoms with Crippen LogP contribution in [0.2, 0.25) is 5.02 Å². The number of esters is 1. The van der Waals surface area contributed by atoms with Gasteiger partial charge in [-0.3, -0.25) is 24.2 Å². The normalized spacial score (nSPS) is 24.3. The van der Waals surface area contributed by atoms with E-state index in [4.69, 9.17) is 35.0 Å². The van der Waals surface area contributed by atoms with Gasteiger partial charge in [-0.1, -0.05) is 29.8 Å². The lowest BCUT2D eigenvalue weighted by Crippen LogP contribution is -2.67. The van der Waals surface area contributed by atoms with E-state index in [1.165, 1.54) is 12.3 Å². The van der Waals surface area contributed by atoms with E-state index < -0.39 is 17.6 Å². The number of hydrogen-bond donors (Lipinski definition) is 1. The number of amides is 1. The van der Waals surface area contributed by atoms with Crippen LogP contribution < -0.4 is 5.32 Å². The Hall–Kier alpha value is -3.39. The quantitative estimate of drug-likeness (QED) is 0.217. The molecule has 3 heterocycles. The van der Waals surface area contributed by atoms with Crippen LogP contribution in [-0.4, -0.2) is 98.6 Å². The molecule has 3 fully saturated rings. The Morgan fingerprint density at radius 2 is 1.68 bits per heavy atom. The second-order valence-corrected chi connectivity index (χ2v) is 13.6. The van der Waals surface area contributed by atoms with Crippen molar-refractivity contribution in [2.75, 3.05) is 52.3 Å². The Kier molecular flexibility index (Phi) is 11.6. The smallest absolute Gasteiger partial charge is 0.308 e. The fraction of sp³-hybridized carbons (Fsp3) is 0.541. The number of Topliss-reactive ketones (excluding diaryl/α,β-unsaturated/α-hetero) is 1. The summed E-state index contributed by atoms with van der Waals surface area (Å²) in [5.74, 6) is -3.48. The van der Waals surface area contributed by atoms with E-state index in [-0.39, 0.29) is 64.2 Å². The molecule has 6 rings (SSSR count). The first-order valence-electron chi connectivity index (χ1n) is 17.4. The average molecular weight is 714 g/mol. The Morgan fingerprint density at radius 1 is 1.00 bits per heavy atom. The maximum atomic E-state index is 15.9. The highest BCUT2D eigenvalue weighted by atomic mass is 35.5. The highest BCUT2D eigenvalue weighted by Crippen LogP contribution is 2.39. The van der Waals surface area contributed by atoms with Gasteiger partial charge >= 0.3 is 5.97 Å². The SMILES string of the molecule is CCOC(=O)[C@H]1CC[C@H](OC(C(=O)Cc2cc(Cl)c(NC(=O)c3coc4ccccc34)cc2F)(N2CCCC2)N2C[C@H](OC)[C@H](OC)C2)CC1. The summed E-state index contributed by atoms with van der Waals surface area (Å²) in [6.45, 7) is 4.09. The number of hydrogen-bond acceptors (Lipinski definition) is 10. The lowest BCUT2D eigenvalue weighted by molar-refractivity contribution is -0.254. The summed E-state index contributed by atoms with van der Waals surface area (Å²) in [5, 5.41) is 3.38. The first-order valence-corrected chi connectivity index (χ1v) is 17.7. The number of halogens is 2. The lowest BCUT2D eigenvalue weighted by atomic mass is 9.87. The van der Waals surface area contributed by atoms with E-state index in [1.807, 2.05) is 4.90 Å². The first kappa shape index (κ1) is 36.4. The minimum atomic E-state index is -1.53.